The summed E-state index contributed by atoms with van der Waals surface area (Å²) < 4.78 is 7.34. The normalized spacial score (nSPS) is 27.5. The molecule has 0 spiro atoms. The highest BCUT2D eigenvalue weighted by molar-refractivity contribution is 5.98. The van der Waals surface area contributed by atoms with E-state index in [1.54, 1.807) is 10.9 Å². The third kappa shape index (κ3) is 3.69. The predicted octanol–water partition coefficient (Wildman–Crippen LogP) is 5.48. The van der Waals surface area contributed by atoms with Gasteiger partial charge in [0.15, 0.2) is 12.4 Å². The minimum atomic E-state index is -0.492. The van der Waals surface area contributed by atoms with Gasteiger partial charge in [-0.25, -0.2) is 9.48 Å². The van der Waals surface area contributed by atoms with Crippen molar-refractivity contribution in [1.29, 1.82) is 0 Å². The maximum atomic E-state index is 13.3. The lowest BCUT2D eigenvalue weighted by Crippen LogP contribution is -2.51. The molecule has 0 saturated heterocycles. The third-order valence-electron chi connectivity index (χ3n) is 7.97. The first-order valence-electron chi connectivity index (χ1n) is 12.0. The molecule has 1 aromatic heterocycles. The summed E-state index contributed by atoms with van der Waals surface area (Å²) >= 11 is 0. The lowest BCUT2D eigenvalue weighted by atomic mass is 9.48. The highest BCUT2D eigenvalue weighted by atomic mass is 16.5. The summed E-state index contributed by atoms with van der Waals surface area (Å²) in [6, 6.07) is 19.3. The van der Waals surface area contributed by atoms with Crippen LogP contribution in [0.1, 0.15) is 48.9 Å². The molecule has 1 heterocycles. The molecule has 4 aliphatic carbocycles. The first-order chi connectivity index (χ1) is 16.1. The van der Waals surface area contributed by atoms with Crippen molar-refractivity contribution in [2.75, 3.05) is 6.61 Å². The van der Waals surface area contributed by atoms with Crippen LogP contribution in [0.5, 0.6) is 0 Å². The third-order valence-corrected chi connectivity index (χ3v) is 7.97. The summed E-state index contributed by atoms with van der Waals surface area (Å²) in [5.41, 5.74) is 2.38. The van der Waals surface area contributed by atoms with Gasteiger partial charge in [-0.05, 0) is 68.4 Å². The monoisotopic (exact) mass is 440 g/mol. The predicted molar refractivity (Wildman–Crippen MR) is 125 cm³/mol. The minimum Gasteiger partial charge on any atom is -0.454 e. The summed E-state index contributed by atoms with van der Waals surface area (Å²) in [7, 11) is 0. The van der Waals surface area contributed by atoms with Crippen LogP contribution in [0.3, 0.4) is 0 Å². The fourth-order valence-corrected chi connectivity index (χ4v) is 6.86. The van der Waals surface area contributed by atoms with Gasteiger partial charge in [-0.15, -0.1) is 0 Å². The molecule has 0 unspecified atom stereocenters. The summed E-state index contributed by atoms with van der Waals surface area (Å²) in [6.45, 7) is -0.143. The molecule has 0 radical (unpaired) electrons. The van der Waals surface area contributed by atoms with Crippen molar-refractivity contribution in [2.45, 2.75) is 38.5 Å². The summed E-state index contributed by atoms with van der Waals surface area (Å²) in [5, 5.41) is 4.68. The maximum Gasteiger partial charge on any atom is 0.342 e. The van der Waals surface area contributed by atoms with Crippen molar-refractivity contribution in [2.24, 2.45) is 23.2 Å². The molecular formula is C28H28N2O3. The van der Waals surface area contributed by atoms with E-state index >= 15 is 0 Å². The molecule has 0 amide bonds. The number of Topliss-reactive ketones (excluding diaryl/α,β-unsaturated/α-hetero) is 1. The molecule has 0 aliphatic heterocycles. The number of hydrogen-bond acceptors (Lipinski definition) is 4. The topological polar surface area (TPSA) is 61.2 Å². The van der Waals surface area contributed by atoms with Crippen molar-refractivity contribution < 1.29 is 14.3 Å². The molecule has 4 aliphatic rings. The Morgan fingerprint density at radius 2 is 1.45 bits per heavy atom. The Balaban J connectivity index is 1.24. The first kappa shape index (κ1) is 20.4. The Morgan fingerprint density at radius 3 is 2.06 bits per heavy atom. The quantitative estimate of drug-likeness (QED) is 0.476. The molecule has 4 saturated carbocycles. The van der Waals surface area contributed by atoms with Gasteiger partial charge in [-0.2, -0.15) is 5.10 Å². The van der Waals surface area contributed by atoms with E-state index in [0.717, 1.165) is 30.5 Å². The number of esters is 1. The molecule has 0 N–H and O–H groups in total. The van der Waals surface area contributed by atoms with E-state index < -0.39 is 5.97 Å². The number of aromatic nitrogens is 2. The molecule has 0 atom stereocenters. The van der Waals surface area contributed by atoms with Gasteiger partial charge in [-0.3, -0.25) is 4.79 Å². The van der Waals surface area contributed by atoms with Crippen LogP contribution in [0, 0.1) is 23.2 Å². The number of rotatable bonds is 6. The Labute approximate surface area is 193 Å². The number of para-hydroxylation sites is 1. The van der Waals surface area contributed by atoms with Crippen LogP contribution in [0.15, 0.2) is 66.9 Å². The minimum absolute atomic E-state index is 0.117. The molecule has 4 fully saturated rings. The SMILES string of the molecule is O=C(OCC(=O)C12CC3CC(CC(C3)C1)C2)c1cn(-c2ccccc2)nc1-c1ccccc1. The number of ether oxygens (including phenoxy) is 1. The highest BCUT2D eigenvalue weighted by Crippen LogP contribution is 2.60. The number of hydrogen-bond donors (Lipinski definition) is 0. The van der Waals surface area contributed by atoms with Gasteiger partial charge >= 0.3 is 5.97 Å². The Kier molecular flexibility index (Phi) is 4.93. The van der Waals surface area contributed by atoms with Gasteiger partial charge in [0.1, 0.15) is 11.3 Å². The summed E-state index contributed by atoms with van der Waals surface area (Å²) in [4.78, 5) is 26.5. The molecule has 4 bridgehead atoms. The van der Waals surface area contributed by atoms with E-state index in [4.69, 9.17) is 4.74 Å². The zero-order valence-electron chi connectivity index (χ0n) is 18.7. The maximum absolute atomic E-state index is 13.3. The first-order valence-corrected chi connectivity index (χ1v) is 12.0. The van der Waals surface area contributed by atoms with Gasteiger partial charge in [0.05, 0.1) is 5.69 Å². The Hall–Kier alpha value is -3.21. The van der Waals surface area contributed by atoms with Crippen LogP contribution < -0.4 is 0 Å². The molecule has 5 nitrogen and oxygen atoms in total. The second-order valence-electron chi connectivity index (χ2n) is 10.2. The van der Waals surface area contributed by atoms with Crippen LogP contribution in [-0.2, 0) is 9.53 Å². The van der Waals surface area contributed by atoms with Crippen LogP contribution in [-0.4, -0.2) is 28.1 Å². The van der Waals surface area contributed by atoms with Gasteiger partial charge in [-0.1, -0.05) is 48.5 Å². The van der Waals surface area contributed by atoms with Crippen molar-refractivity contribution in [1.82, 2.24) is 9.78 Å². The highest BCUT2D eigenvalue weighted by Gasteiger charge is 2.54. The van der Waals surface area contributed by atoms with Crippen molar-refractivity contribution in [3.63, 3.8) is 0 Å². The second-order valence-corrected chi connectivity index (χ2v) is 10.2. The van der Waals surface area contributed by atoms with Gasteiger partial charge < -0.3 is 4.74 Å². The van der Waals surface area contributed by atoms with Crippen LogP contribution in [0.4, 0.5) is 0 Å². The molecule has 168 valence electrons. The van der Waals surface area contributed by atoms with E-state index in [-0.39, 0.29) is 17.8 Å². The van der Waals surface area contributed by atoms with Crippen LogP contribution in [0.2, 0.25) is 0 Å². The molecular weight excluding hydrogens is 412 g/mol. The number of ketones is 1. The summed E-state index contributed by atoms with van der Waals surface area (Å²) in [6.07, 6.45) is 8.50. The average Bonchev–Trinajstić information content (AvgIpc) is 3.28. The zero-order valence-corrected chi connectivity index (χ0v) is 18.7. The lowest BCUT2D eigenvalue weighted by Gasteiger charge is -2.55. The standard InChI is InChI=1S/C28H28N2O3/c31-25(28-14-19-11-20(15-28)13-21(12-19)16-28)18-33-27(32)24-17-30(23-9-5-2-6-10-23)29-26(24)22-7-3-1-4-8-22/h1-10,17,19-21H,11-16,18H2. The average molecular weight is 441 g/mol. The summed E-state index contributed by atoms with van der Waals surface area (Å²) in [5.74, 6) is 1.68. The molecule has 5 heteroatoms. The number of benzene rings is 2. The fraction of sp³-hybridized carbons (Fsp3) is 0.393. The van der Waals surface area contributed by atoms with Gasteiger partial charge in [0.2, 0.25) is 0 Å². The van der Waals surface area contributed by atoms with Crippen molar-refractivity contribution in [3.8, 4) is 16.9 Å². The van der Waals surface area contributed by atoms with Crippen LogP contribution >= 0.6 is 0 Å². The smallest absolute Gasteiger partial charge is 0.342 e. The van der Waals surface area contributed by atoms with Crippen molar-refractivity contribution >= 4 is 11.8 Å². The molecule has 2 aromatic carbocycles. The fourth-order valence-electron chi connectivity index (χ4n) is 6.86. The second kappa shape index (κ2) is 7.98. The van der Waals surface area contributed by atoms with Gasteiger partial charge in [0, 0.05) is 17.2 Å². The van der Waals surface area contributed by atoms with Gasteiger partial charge in [0.25, 0.3) is 0 Å². The number of carbonyl (C=O) groups is 2. The van der Waals surface area contributed by atoms with Crippen LogP contribution in [0.25, 0.3) is 16.9 Å². The number of nitrogens with zero attached hydrogens (tertiary/aromatic N) is 2. The zero-order chi connectivity index (χ0) is 22.4. The van der Waals surface area contributed by atoms with E-state index in [2.05, 4.69) is 5.10 Å². The number of carbonyl (C=O) groups excluding carboxylic acids is 2. The van der Waals surface area contributed by atoms with E-state index in [1.165, 1.54) is 19.3 Å². The molecule has 7 rings (SSSR count). The van der Waals surface area contributed by atoms with E-state index in [1.807, 2.05) is 60.7 Å². The molecule has 33 heavy (non-hydrogen) atoms. The Bertz CT molecular complexity index is 1150. The van der Waals surface area contributed by atoms with E-state index in [9.17, 15) is 9.59 Å². The lowest BCUT2D eigenvalue weighted by molar-refractivity contribution is -0.147. The van der Waals surface area contributed by atoms with Crippen molar-refractivity contribution in [3.05, 3.63) is 72.4 Å². The Morgan fingerprint density at radius 1 is 0.879 bits per heavy atom. The molecule has 3 aromatic rings. The van der Waals surface area contributed by atoms with E-state index in [0.29, 0.717) is 29.0 Å². The largest absolute Gasteiger partial charge is 0.454 e.